The molecule has 0 aliphatic carbocycles. The number of aliphatic hydroxyl groups is 2. The fourth-order valence-electron chi connectivity index (χ4n) is 2.02. The van der Waals surface area contributed by atoms with Crippen molar-refractivity contribution in [2.75, 3.05) is 25.2 Å². The predicted octanol–water partition coefficient (Wildman–Crippen LogP) is 0.0631. The lowest BCUT2D eigenvalue weighted by Gasteiger charge is -2.31. The Morgan fingerprint density at radius 3 is 2.60 bits per heavy atom. The third-order valence-corrected chi connectivity index (χ3v) is 4.37. The van der Waals surface area contributed by atoms with E-state index in [1.54, 1.807) is 7.05 Å². The standard InChI is InChI=1S/C14H22N2O3S/c1-16-14(13(15)19,11-5-3-2-4-6-11)7-8-20-10-12(18)9-17/h2-6,12,16-18H,7-10H2,1H3,(H2,15,19). The van der Waals surface area contributed by atoms with E-state index < -0.39 is 17.6 Å². The van der Waals surface area contributed by atoms with Gasteiger partial charge in [-0.2, -0.15) is 11.8 Å². The van der Waals surface area contributed by atoms with Gasteiger partial charge in [0.1, 0.15) is 5.54 Å². The number of nitrogens with two attached hydrogens (primary N) is 1. The van der Waals surface area contributed by atoms with Crippen LogP contribution < -0.4 is 11.1 Å². The van der Waals surface area contributed by atoms with Crippen molar-refractivity contribution in [2.45, 2.75) is 18.1 Å². The number of hydrogen-bond donors (Lipinski definition) is 4. The number of benzene rings is 1. The first-order valence-corrected chi connectivity index (χ1v) is 7.63. The number of aliphatic hydroxyl groups excluding tert-OH is 2. The maximum Gasteiger partial charge on any atom is 0.242 e. The van der Waals surface area contributed by atoms with Crippen LogP contribution in [0.1, 0.15) is 12.0 Å². The molecule has 1 rings (SSSR count). The summed E-state index contributed by atoms with van der Waals surface area (Å²) in [5, 5.41) is 21.1. The van der Waals surface area contributed by atoms with Gasteiger partial charge in [0, 0.05) is 5.75 Å². The smallest absolute Gasteiger partial charge is 0.242 e. The second-order valence-electron chi connectivity index (χ2n) is 4.55. The van der Waals surface area contributed by atoms with Crippen LogP contribution in [-0.4, -0.2) is 47.4 Å². The van der Waals surface area contributed by atoms with Gasteiger partial charge in [-0.25, -0.2) is 0 Å². The zero-order chi connectivity index (χ0) is 15.0. The van der Waals surface area contributed by atoms with Gasteiger partial charge in [0.05, 0.1) is 12.7 Å². The van der Waals surface area contributed by atoms with Crippen molar-refractivity contribution in [1.29, 1.82) is 0 Å². The normalized spacial score (nSPS) is 15.6. The molecule has 0 saturated carbocycles. The molecule has 0 saturated heterocycles. The van der Waals surface area contributed by atoms with Crippen LogP contribution >= 0.6 is 11.8 Å². The minimum absolute atomic E-state index is 0.251. The van der Waals surface area contributed by atoms with E-state index in [2.05, 4.69) is 5.32 Å². The van der Waals surface area contributed by atoms with Gasteiger partial charge >= 0.3 is 0 Å². The maximum absolute atomic E-state index is 11.9. The van der Waals surface area contributed by atoms with E-state index >= 15 is 0 Å². The molecule has 2 atom stereocenters. The van der Waals surface area contributed by atoms with Crippen molar-refractivity contribution in [1.82, 2.24) is 5.32 Å². The number of hydrogen-bond acceptors (Lipinski definition) is 5. The summed E-state index contributed by atoms with van der Waals surface area (Å²) in [5.41, 5.74) is 5.51. The number of carbonyl (C=O) groups excluding carboxylic acids is 1. The number of likely N-dealkylation sites (N-methyl/N-ethyl adjacent to an activating group) is 1. The van der Waals surface area contributed by atoms with Crippen LogP contribution in [-0.2, 0) is 10.3 Å². The first kappa shape index (κ1) is 17.0. The Morgan fingerprint density at radius 2 is 2.10 bits per heavy atom. The van der Waals surface area contributed by atoms with E-state index in [1.165, 1.54) is 11.8 Å². The van der Waals surface area contributed by atoms with Crippen molar-refractivity contribution in [3.63, 3.8) is 0 Å². The highest BCUT2D eigenvalue weighted by Gasteiger charge is 2.36. The number of rotatable bonds is 9. The number of carbonyl (C=O) groups is 1. The highest BCUT2D eigenvalue weighted by atomic mass is 32.2. The average Bonchev–Trinajstić information content (AvgIpc) is 2.48. The Balaban J connectivity index is 2.73. The summed E-state index contributed by atoms with van der Waals surface area (Å²) in [6.07, 6.45) is -0.208. The van der Waals surface area contributed by atoms with Crippen molar-refractivity contribution in [3.05, 3.63) is 35.9 Å². The topological polar surface area (TPSA) is 95.6 Å². The molecule has 1 aromatic carbocycles. The zero-order valence-corrected chi connectivity index (χ0v) is 12.4. The summed E-state index contributed by atoms with van der Waals surface area (Å²) < 4.78 is 0. The molecule has 0 heterocycles. The molecule has 5 nitrogen and oxygen atoms in total. The van der Waals surface area contributed by atoms with Crippen LogP contribution in [0.5, 0.6) is 0 Å². The molecule has 20 heavy (non-hydrogen) atoms. The molecule has 0 aliphatic heterocycles. The summed E-state index contributed by atoms with van der Waals surface area (Å²) in [7, 11) is 1.71. The van der Waals surface area contributed by atoms with E-state index in [1.807, 2.05) is 30.3 Å². The molecular formula is C14H22N2O3S. The van der Waals surface area contributed by atoms with Crippen molar-refractivity contribution in [3.8, 4) is 0 Å². The summed E-state index contributed by atoms with van der Waals surface area (Å²) in [6, 6.07) is 9.36. The molecule has 1 aromatic rings. The largest absolute Gasteiger partial charge is 0.394 e. The van der Waals surface area contributed by atoms with Crippen LogP contribution in [0.3, 0.4) is 0 Å². The minimum atomic E-state index is -0.904. The van der Waals surface area contributed by atoms with Gasteiger partial charge in [0.15, 0.2) is 0 Å². The molecular weight excluding hydrogens is 276 g/mol. The van der Waals surface area contributed by atoms with Crippen LogP contribution in [0.15, 0.2) is 30.3 Å². The SMILES string of the molecule is CNC(CCSCC(O)CO)(C(N)=O)c1ccccc1. The second-order valence-corrected chi connectivity index (χ2v) is 5.70. The van der Waals surface area contributed by atoms with Crippen LogP contribution in [0.4, 0.5) is 0 Å². The average molecular weight is 298 g/mol. The molecule has 6 heteroatoms. The monoisotopic (exact) mass is 298 g/mol. The number of nitrogens with one attached hydrogen (secondary N) is 1. The minimum Gasteiger partial charge on any atom is -0.394 e. The van der Waals surface area contributed by atoms with E-state index in [0.29, 0.717) is 17.9 Å². The van der Waals surface area contributed by atoms with Gasteiger partial charge in [-0.1, -0.05) is 30.3 Å². The van der Waals surface area contributed by atoms with Gasteiger partial charge in [0.25, 0.3) is 0 Å². The Labute approximate surface area is 123 Å². The molecule has 0 spiro atoms. The van der Waals surface area contributed by atoms with Gasteiger partial charge in [-0.3, -0.25) is 4.79 Å². The third kappa shape index (κ3) is 4.21. The molecule has 0 aliphatic rings. The second kappa shape index (κ2) is 8.26. The van der Waals surface area contributed by atoms with Crippen molar-refractivity contribution >= 4 is 17.7 Å². The Bertz CT molecular complexity index is 416. The highest BCUT2D eigenvalue weighted by Crippen LogP contribution is 2.26. The fourth-order valence-corrected chi connectivity index (χ4v) is 3.02. The molecule has 0 fully saturated rings. The van der Waals surface area contributed by atoms with Gasteiger partial charge in [-0.05, 0) is 24.8 Å². The van der Waals surface area contributed by atoms with E-state index in [-0.39, 0.29) is 6.61 Å². The summed E-state index contributed by atoms with van der Waals surface area (Å²) in [5.74, 6) is 0.661. The van der Waals surface area contributed by atoms with Gasteiger partial charge in [0.2, 0.25) is 5.91 Å². The molecule has 112 valence electrons. The van der Waals surface area contributed by atoms with Crippen molar-refractivity contribution in [2.24, 2.45) is 5.73 Å². The van der Waals surface area contributed by atoms with Crippen LogP contribution in [0.2, 0.25) is 0 Å². The molecule has 0 aromatic heterocycles. The predicted molar refractivity (Wildman–Crippen MR) is 81.4 cm³/mol. The summed E-state index contributed by atoms with van der Waals surface area (Å²) >= 11 is 1.48. The van der Waals surface area contributed by atoms with Crippen molar-refractivity contribution < 1.29 is 15.0 Å². The lowest BCUT2D eigenvalue weighted by Crippen LogP contribution is -2.51. The quantitative estimate of drug-likeness (QED) is 0.484. The Morgan fingerprint density at radius 1 is 1.45 bits per heavy atom. The molecule has 0 radical (unpaired) electrons. The molecule has 1 amide bonds. The maximum atomic E-state index is 11.9. The van der Waals surface area contributed by atoms with E-state index in [4.69, 9.17) is 10.8 Å². The van der Waals surface area contributed by atoms with Crippen LogP contribution in [0, 0.1) is 0 Å². The van der Waals surface area contributed by atoms with Crippen LogP contribution in [0.25, 0.3) is 0 Å². The lowest BCUT2D eigenvalue weighted by molar-refractivity contribution is -0.124. The molecule has 5 N–H and O–H groups in total. The highest BCUT2D eigenvalue weighted by molar-refractivity contribution is 7.99. The molecule has 0 bridgehead atoms. The Kier molecular flexibility index (Phi) is 7.01. The number of primary amides is 1. The van der Waals surface area contributed by atoms with E-state index in [0.717, 1.165) is 5.56 Å². The van der Waals surface area contributed by atoms with Gasteiger partial charge < -0.3 is 21.3 Å². The first-order chi connectivity index (χ1) is 9.56. The zero-order valence-electron chi connectivity index (χ0n) is 11.6. The third-order valence-electron chi connectivity index (χ3n) is 3.26. The molecule has 2 unspecified atom stereocenters. The fraction of sp³-hybridized carbons (Fsp3) is 0.500. The number of amides is 1. The summed E-state index contributed by atoms with van der Waals surface area (Å²) in [4.78, 5) is 11.9. The number of thioether (sulfide) groups is 1. The summed E-state index contributed by atoms with van der Waals surface area (Å²) in [6.45, 7) is -0.251. The first-order valence-electron chi connectivity index (χ1n) is 6.48. The lowest BCUT2D eigenvalue weighted by atomic mass is 9.86. The van der Waals surface area contributed by atoms with E-state index in [9.17, 15) is 9.90 Å². The van der Waals surface area contributed by atoms with Gasteiger partial charge in [-0.15, -0.1) is 0 Å². The Hall–Kier alpha value is -1.08.